The second-order valence-electron chi connectivity index (χ2n) is 2.83. The Bertz CT molecular complexity index is 483. The molecule has 2 nitrogen and oxygen atoms in total. The maximum absolute atomic E-state index is 9.07. The molecule has 0 bridgehead atoms. The highest BCUT2D eigenvalue weighted by Crippen LogP contribution is 2.30. The molecule has 14 heavy (non-hydrogen) atoms. The van der Waals surface area contributed by atoms with Gasteiger partial charge in [-0.25, -0.2) is 0 Å². The van der Waals surface area contributed by atoms with Gasteiger partial charge >= 0.3 is 7.12 Å². The Labute approximate surface area is 94.8 Å². The molecule has 0 radical (unpaired) electrons. The van der Waals surface area contributed by atoms with E-state index in [2.05, 4.69) is 0 Å². The van der Waals surface area contributed by atoms with Gasteiger partial charge in [0, 0.05) is 10.5 Å². The van der Waals surface area contributed by atoms with E-state index in [-0.39, 0.29) is 0 Å². The van der Waals surface area contributed by atoms with Crippen LogP contribution in [0.2, 0.25) is 10.0 Å². The van der Waals surface area contributed by atoms with E-state index in [0.717, 1.165) is 4.70 Å². The molecule has 0 aliphatic rings. The Morgan fingerprint density at radius 2 is 1.93 bits per heavy atom. The summed E-state index contributed by atoms with van der Waals surface area (Å²) < 4.78 is 0.819. The quantitative estimate of drug-likeness (QED) is 0.755. The van der Waals surface area contributed by atoms with E-state index in [4.69, 9.17) is 33.2 Å². The van der Waals surface area contributed by atoms with Gasteiger partial charge in [-0.05, 0) is 22.9 Å². The highest BCUT2D eigenvalue weighted by atomic mass is 35.5. The zero-order valence-electron chi connectivity index (χ0n) is 6.87. The summed E-state index contributed by atoms with van der Waals surface area (Å²) in [5.41, 5.74) is 0.439. The predicted octanol–water partition coefficient (Wildman–Crippen LogP) is 1.89. The lowest BCUT2D eigenvalue weighted by molar-refractivity contribution is 0.426. The van der Waals surface area contributed by atoms with Gasteiger partial charge < -0.3 is 10.0 Å². The van der Waals surface area contributed by atoms with Crippen LogP contribution in [0.15, 0.2) is 17.5 Å². The standard InChI is InChI=1S/C8H5BCl2O2S/c10-4-1-5-6(9(12)13)3-14-8(5)7(11)2-4/h1-3,12-13H. The minimum atomic E-state index is -1.49. The van der Waals surface area contributed by atoms with Crippen LogP contribution in [0.1, 0.15) is 0 Å². The van der Waals surface area contributed by atoms with Gasteiger partial charge in [0.25, 0.3) is 0 Å². The SMILES string of the molecule is OB(O)c1csc2c(Cl)cc(Cl)cc12. The molecule has 0 unspecified atom stereocenters. The maximum atomic E-state index is 9.07. The number of benzene rings is 1. The molecule has 2 aromatic rings. The number of rotatable bonds is 1. The first kappa shape index (κ1) is 10.3. The monoisotopic (exact) mass is 246 g/mol. The average molecular weight is 247 g/mol. The van der Waals surface area contributed by atoms with E-state index in [1.807, 2.05) is 0 Å². The van der Waals surface area contributed by atoms with Crippen LogP contribution in [-0.2, 0) is 0 Å². The van der Waals surface area contributed by atoms with Gasteiger partial charge in [0.05, 0.1) is 9.72 Å². The summed E-state index contributed by atoms with van der Waals surface area (Å²) in [5.74, 6) is 0. The smallest absolute Gasteiger partial charge is 0.423 e. The molecule has 0 spiro atoms. The second-order valence-corrected chi connectivity index (χ2v) is 4.55. The molecular weight excluding hydrogens is 242 g/mol. The lowest BCUT2D eigenvalue weighted by Gasteiger charge is -1.99. The Hall–Kier alpha value is -0.255. The van der Waals surface area contributed by atoms with Crippen molar-refractivity contribution in [2.45, 2.75) is 0 Å². The van der Waals surface area contributed by atoms with Gasteiger partial charge in [0.15, 0.2) is 0 Å². The Morgan fingerprint density at radius 1 is 1.21 bits per heavy atom. The van der Waals surface area contributed by atoms with E-state index in [0.29, 0.717) is 20.9 Å². The third-order valence-corrected chi connectivity index (χ3v) is 3.58. The molecule has 0 fully saturated rings. The van der Waals surface area contributed by atoms with E-state index < -0.39 is 7.12 Å². The van der Waals surface area contributed by atoms with Crippen molar-refractivity contribution in [1.82, 2.24) is 0 Å². The summed E-state index contributed by atoms with van der Waals surface area (Å²) in [7, 11) is -1.49. The number of thiophene rings is 1. The minimum Gasteiger partial charge on any atom is -0.423 e. The van der Waals surface area contributed by atoms with E-state index in [9.17, 15) is 0 Å². The van der Waals surface area contributed by atoms with E-state index in [1.165, 1.54) is 11.3 Å². The Balaban J connectivity index is 2.78. The average Bonchev–Trinajstić information content (AvgIpc) is 2.47. The summed E-state index contributed by atoms with van der Waals surface area (Å²) in [4.78, 5) is 0. The van der Waals surface area contributed by atoms with E-state index >= 15 is 0 Å². The van der Waals surface area contributed by atoms with Crippen molar-refractivity contribution in [3.05, 3.63) is 27.6 Å². The van der Waals surface area contributed by atoms with Crippen LogP contribution in [0.4, 0.5) is 0 Å². The van der Waals surface area contributed by atoms with Crippen molar-refractivity contribution in [2.75, 3.05) is 0 Å². The van der Waals surface area contributed by atoms with Crippen molar-refractivity contribution in [2.24, 2.45) is 0 Å². The molecular formula is C8H5BCl2O2S. The van der Waals surface area contributed by atoms with Crippen molar-refractivity contribution < 1.29 is 10.0 Å². The lowest BCUT2D eigenvalue weighted by atomic mass is 9.80. The van der Waals surface area contributed by atoms with E-state index in [1.54, 1.807) is 17.5 Å². The first-order valence-corrected chi connectivity index (χ1v) is 5.45. The normalized spacial score (nSPS) is 10.9. The van der Waals surface area contributed by atoms with Crippen LogP contribution < -0.4 is 5.46 Å². The van der Waals surface area contributed by atoms with Crippen molar-refractivity contribution in [1.29, 1.82) is 0 Å². The molecule has 0 atom stereocenters. The molecule has 0 saturated carbocycles. The first-order chi connectivity index (χ1) is 6.59. The fraction of sp³-hybridized carbons (Fsp3) is 0. The van der Waals surface area contributed by atoms with Gasteiger partial charge in [-0.15, -0.1) is 11.3 Å². The highest BCUT2D eigenvalue weighted by molar-refractivity contribution is 7.19. The Morgan fingerprint density at radius 3 is 2.57 bits per heavy atom. The highest BCUT2D eigenvalue weighted by Gasteiger charge is 2.17. The third-order valence-electron chi connectivity index (χ3n) is 1.90. The molecule has 0 amide bonds. The fourth-order valence-corrected chi connectivity index (χ4v) is 2.88. The van der Waals surface area contributed by atoms with Crippen LogP contribution in [-0.4, -0.2) is 17.2 Å². The lowest BCUT2D eigenvalue weighted by Crippen LogP contribution is -2.28. The van der Waals surface area contributed by atoms with Gasteiger partial charge in [-0.3, -0.25) is 0 Å². The number of halogens is 2. The zero-order chi connectivity index (χ0) is 10.3. The molecule has 1 aromatic heterocycles. The van der Waals surface area contributed by atoms with Crippen molar-refractivity contribution >= 4 is 57.2 Å². The second kappa shape index (κ2) is 3.72. The van der Waals surface area contributed by atoms with Gasteiger partial charge in [0.1, 0.15) is 0 Å². The number of fused-ring (bicyclic) bond motifs is 1. The van der Waals surface area contributed by atoms with Crippen LogP contribution in [0.3, 0.4) is 0 Å². The Kier molecular flexibility index (Phi) is 2.73. The van der Waals surface area contributed by atoms with Crippen LogP contribution in [0.5, 0.6) is 0 Å². The van der Waals surface area contributed by atoms with Crippen molar-refractivity contribution in [3.63, 3.8) is 0 Å². The third kappa shape index (κ3) is 1.64. The summed E-state index contributed by atoms with van der Waals surface area (Å²) in [5, 5.41) is 21.5. The molecule has 0 aliphatic heterocycles. The van der Waals surface area contributed by atoms with Crippen molar-refractivity contribution in [3.8, 4) is 0 Å². The van der Waals surface area contributed by atoms with Gasteiger partial charge in [-0.1, -0.05) is 23.2 Å². The minimum absolute atomic E-state index is 0.439. The molecule has 2 N–H and O–H groups in total. The van der Waals surface area contributed by atoms with Gasteiger partial charge in [0.2, 0.25) is 0 Å². The molecule has 2 rings (SSSR count). The molecule has 6 heteroatoms. The predicted molar refractivity (Wildman–Crippen MR) is 61.7 cm³/mol. The first-order valence-electron chi connectivity index (χ1n) is 3.82. The zero-order valence-corrected chi connectivity index (χ0v) is 9.20. The molecule has 0 saturated heterocycles. The number of hydrogen-bond donors (Lipinski definition) is 2. The fourth-order valence-electron chi connectivity index (χ4n) is 1.28. The summed E-state index contributed by atoms with van der Waals surface area (Å²) in [6.45, 7) is 0. The molecule has 0 aliphatic carbocycles. The summed E-state index contributed by atoms with van der Waals surface area (Å²) in [6.07, 6.45) is 0. The molecule has 1 heterocycles. The largest absolute Gasteiger partial charge is 0.489 e. The summed E-state index contributed by atoms with van der Waals surface area (Å²) >= 11 is 13.1. The maximum Gasteiger partial charge on any atom is 0.489 e. The van der Waals surface area contributed by atoms with Gasteiger partial charge in [-0.2, -0.15) is 0 Å². The van der Waals surface area contributed by atoms with Crippen LogP contribution in [0, 0.1) is 0 Å². The molecule has 72 valence electrons. The number of hydrogen-bond acceptors (Lipinski definition) is 3. The summed E-state index contributed by atoms with van der Waals surface area (Å²) in [6, 6.07) is 3.31. The topological polar surface area (TPSA) is 40.5 Å². The van der Waals surface area contributed by atoms with Crippen LogP contribution in [0.25, 0.3) is 10.1 Å². The molecule has 1 aromatic carbocycles. The van der Waals surface area contributed by atoms with Crippen LogP contribution >= 0.6 is 34.5 Å².